The summed E-state index contributed by atoms with van der Waals surface area (Å²) in [5.74, 6) is -2.92. The van der Waals surface area contributed by atoms with Gasteiger partial charge in [-0.25, -0.2) is 13.6 Å². The molecule has 0 aliphatic heterocycles. The maximum atomic E-state index is 14.9. The van der Waals surface area contributed by atoms with E-state index in [-0.39, 0.29) is 11.3 Å². The summed E-state index contributed by atoms with van der Waals surface area (Å²) in [5.41, 5.74) is 0.169. The standard InChI is InChI=1S/C26H26F2N2O2S2/c1-4-6-12-30(13-7-5-2)21-11-9-17(24(27)25(21)28)8-10-18-15-22-23(33-18)16-19(34-22)14-20(29-3)26(31)32/h8-11,14-16H,4-7,12-13H2,1-2H3,(H,31,32). The number of anilines is 1. The Morgan fingerprint density at radius 3 is 2.24 bits per heavy atom. The molecule has 0 unspecified atom stereocenters. The van der Waals surface area contributed by atoms with Gasteiger partial charge in [-0.2, -0.15) is 0 Å². The lowest BCUT2D eigenvalue weighted by Crippen LogP contribution is -2.27. The fraction of sp³-hybridized carbons (Fsp3) is 0.308. The van der Waals surface area contributed by atoms with Crippen molar-refractivity contribution >= 4 is 62.0 Å². The van der Waals surface area contributed by atoms with Crippen LogP contribution in [-0.2, 0) is 4.79 Å². The summed E-state index contributed by atoms with van der Waals surface area (Å²) < 4.78 is 31.7. The third-order valence-corrected chi connectivity index (χ3v) is 7.49. The minimum absolute atomic E-state index is 0.190. The Bertz CT molecular complexity index is 1230. The second-order valence-electron chi connectivity index (χ2n) is 7.80. The number of hydrogen-bond donors (Lipinski definition) is 1. The van der Waals surface area contributed by atoms with Crippen molar-refractivity contribution in [3.63, 3.8) is 0 Å². The second-order valence-corrected chi connectivity index (χ2v) is 10.0. The number of nitrogens with zero attached hydrogens (tertiary/aromatic N) is 2. The molecule has 2 heterocycles. The Hall–Kier alpha value is -3.02. The minimum Gasteiger partial charge on any atom is -0.486 e. The highest BCUT2D eigenvalue weighted by Gasteiger charge is 2.17. The molecule has 0 saturated heterocycles. The van der Waals surface area contributed by atoms with Crippen LogP contribution in [0.15, 0.2) is 30.0 Å². The molecule has 0 spiro atoms. The molecule has 0 saturated carbocycles. The number of carbonyl (C=O) groups is 1. The molecule has 0 amide bonds. The second kappa shape index (κ2) is 11.9. The zero-order chi connectivity index (χ0) is 24.7. The lowest BCUT2D eigenvalue weighted by molar-refractivity contribution is -0.132. The van der Waals surface area contributed by atoms with E-state index < -0.39 is 17.6 Å². The summed E-state index contributed by atoms with van der Waals surface area (Å²) in [6.45, 7) is 12.5. The number of hydrogen-bond acceptors (Lipinski definition) is 4. The van der Waals surface area contributed by atoms with E-state index >= 15 is 0 Å². The van der Waals surface area contributed by atoms with Crippen molar-refractivity contribution in [3.8, 4) is 0 Å². The molecule has 8 heteroatoms. The normalized spacial score (nSPS) is 11.9. The lowest BCUT2D eigenvalue weighted by atomic mass is 10.1. The largest absolute Gasteiger partial charge is 0.486 e. The first kappa shape index (κ1) is 25.6. The van der Waals surface area contributed by atoms with Crippen LogP contribution in [0.25, 0.3) is 32.5 Å². The van der Waals surface area contributed by atoms with Gasteiger partial charge in [-0.05, 0) is 49.3 Å². The van der Waals surface area contributed by atoms with Crippen LogP contribution in [0, 0.1) is 18.2 Å². The summed E-state index contributed by atoms with van der Waals surface area (Å²) in [6.07, 6.45) is 8.50. The molecule has 3 rings (SSSR count). The van der Waals surface area contributed by atoms with Crippen LogP contribution in [0.4, 0.5) is 14.5 Å². The third kappa shape index (κ3) is 6.10. The monoisotopic (exact) mass is 500 g/mol. The summed E-state index contributed by atoms with van der Waals surface area (Å²) in [6, 6.07) is 7.02. The molecule has 0 aliphatic rings. The molecule has 0 radical (unpaired) electrons. The van der Waals surface area contributed by atoms with Gasteiger partial charge in [-0.3, -0.25) is 4.79 Å². The first-order valence-corrected chi connectivity index (χ1v) is 12.8. The Labute approximate surface area is 206 Å². The molecule has 0 atom stereocenters. The number of aliphatic carboxylic acids is 1. The molecule has 0 bridgehead atoms. The average Bonchev–Trinajstić information content (AvgIpc) is 3.37. The number of thiophene rings is 2. The number of halogens is 2. The molecule has 3 aromatic rings. The van der Waals surface area contributed by atoms with Gasteiger partial charge in [-0.15, -0.1) is 22.7 Å². The van der Waals surface area contributed by atoms with Crippen LogP contribution in [0.5, 0.6) is 0 Å². The van der Waals surface area contributed by atoms with Crippen LogP contribution < -0.4 is 4.90 Å². The van der Waals surface area contributed by atoms with E-state index in [1.807, 2.05) is 17.0 Å². The van der Waals surface area contributed by atoms with Crippen LogP contribution >= 0.6 is 22.7 Å². The smallest absolute Gasteiger partial charge is 0.333 e. The Balaban J connectivity index is 1.81. The lowest BCUT2D eigenvalue weighted by Gasteiger charge is -2.25. The van der Waals surface area contributed by atoms with Gasteiger partial charge in [0.1, 0.15) is 0 Å². The quantitative estimate of drug-likeness (QED) is 0.213. The van der Waals surface area contributed by atoms with Crippen LogP contribution in [0.2, 0.25) is 0 Å². The van der Waals surface area contributed by atoms with Gasteiger partial charge in [-0.1, -0.05) is 32.8 Å². The highest BCUT2D eigenvalue weighted by Crippen LogP contribution is 2.35. The number of benzene rings is 1. The molecule has 34 heavy (non-hydrogen) atoms. The van der Waals surface area contributed by atoms with Gasteiger partial charge >= 0.3 is 5.97 Å². The number of carboxylic acids is 1. The zero-order valence-electron chi connectivity index (χ0n) is 19.1. The molecule has 1 aromatic carbocycles. The summed E-state index contributed by atoms with van der Waals surface area (Å²) in [5, 5.41) is 9.00. The summed E-state index contributed by atoms with van der Waals surface area (Å²) in [7, 11) is 0. The highest BCUT2D eigenvalue weighted by atomic mass is 32.1. The van der Waals surface area contributed by atoms with E-state index in [4.69, 9.17) is 11.7 Å². The van der Waals surface area contributed by atoms with Gasteiger partial charge in [0.25, 0.3) is 5.70 Å². The topological polar surface area (TPSA) is 44.9 Å². The fourth-order valence-electron chi connectivity index (χ4n) is 3.45. The predicted octanol–water partition coefficient (Wildman–Crippen LogP) is 8.16. The van der Waals surface area contributed by atoms with E-state index in [0.717, 1.165) is 40.0 Å². The van der Waals surface area contributed by atoms with Gasteiger partial charge in [0.2, 0.25) is 0 Å². The average molecular weight is 501 g/mol. The van der Waals surface area contributed by atoms with Crippen LogP contribution in [0.1, 0.15) is 54.8 Å². The van der Waals surface area contributed by atoms with Crippen LogP contribution in [0.3, 0.4) is 0 Å². The van der Waals surface area contributed by atoms with Gasteiger partial charge in [0.15, 0.2) is 11.6 Å². The molecule has 0 fully saturated rings. The van der Waals surface area contributed by atoms with Crippen molar-refractivity contribution < 1.29 is 18.7 Å². The summed E-state index contributed by atoms with van der Waals surface area (Å²) >= 11 is 2.84. The minimum atomic E-state index is -1.26. The third-order valence-electron chi connectivity index (χ3n) is 5.29. The molecule has 1 N–H and O–H groups in total. The fourth-order valence-corrected chi connectivity index (χ4v) is 5.71. The van der Waals surface area contributed by atoms with Crippen molar-refractivity contribution in [3.05, 3.63) is 68.3 Å². The number of carboxylic acid groups (broad SMARTS) is 1. The highest BCUT2D eigenvalue weighted by molar-refractivity contribution is 7.28. The Morgan fingerprint density at radius 2 is 1.65 bits per heavy atom. The molecule has 2 aromatic heterocycles. The van der Waals surface area contributed by atoms with Crippen LogP contribution in [-0.4, -0.2) is 24.2 Å². The molecular formula is C26H26F2N2O2S2. The van der Waals surface area contributed by atoms with Gasteiger partial charge in [0.05, 0.1) is 12.3 Å². The zero-order valence-corrected chi connectivity index (χ0v) is 20.7. The van der Waals surface area contributed by atoms with E-state index in [1.165, 1.54) is 28.7 Å². The molecular weight excluding hydrogens is 474 g/mol. The Kier molecular flexibility index (Phi) is 8.97. The first-order chi connectivity index (χ1) is 16.4. The maximum absolute atomic E-state index is 14.9. The molecule has 0 aliphatic carbocycles. The molecule has 4 nitrogen and oxygen atoms in total. The Morgan fingerprint density at radius 1 is 1.03 bits per heavy atom. The number of rotatable bonds is 11. The van der Waals surface area contributed by atoms with Crippen molar-refractivity contribution in [1.29, 1.82) is 0 Å². The van der Waals surface area contributed by atoms with E-state index in [2.05, 4.69) is 18.7 Å². The number of fused-ring (bicyclic) bond motifs is 1. The van der Waals surface area contributed by atoms with Crippen molar-refractivity contribution in [2.24, 2.45) is 0 Å². The van der Waals surface area contributed by atoms with Gasteiger partial charge in [0, 0.05) is 37.8 Å². The molecule has 178 valence electrons. The van der Waals surface area contributed by atoms with E-state index in [0.29, 0.717) is 23.7 Å². The SMILES string of the molecule is [C-]#[N+]C(=Cc1cc2sc(C=Cc3ccc(N(CCCC)CCCC)c(F)c3F)cc2s1)C(=O)O. The number of unbranched alkanes of at least 4 members (excludes halogenated alkanes) is 2. The predicted molar refractivity (Wildman–Crippen MR) is 139 cm³/mol. The van der Waals surface area contributed by atoms with Crippen molar-refractivity contribution in [2.75, 3.05) is 18.0 Å². The van der Waals surface area contributed by atoms with Gasteiger partial charge < -0.3 is 10.0 Å². The maximum Gasteiger partial charge on any atom is 0.333 e. The van der Waals surface area contributed by atoms with Crippen molar-refractivity contribution in [2.45, 2.75) is 39.5 Å². The first-order valence-electron chi connectivity index (χ1n) is 11.1. The van der Waals surface area contributed by atoms with E-state index in [9.17, 15) is 13.6 Å². The van der Waals surface area contributed by atoms with E-state index in [1.54, 1.807) is 24.3 Å². The summed E-state index contributed by atoms with van der Waals surface area (Å²) in [4.78, 5) is 17.5. The van der Waals surface area contributed by atoms with Crippen molar-refractivity contribution in [1.82, 2.24) is 0 Å².